The van der Waals surface area contributed by atoms with Crippen LogP contribution in [0.2, 0.25) is 0 Å². The molecule has 17 heavy (non-hydrogen) atoms. The van der Waals surface area contributed by atoms with Gasteiger partial charge < -0.3 is 20.0 Å². The second-order valence-corrected chi connectivity index (χ2v) is 3.11. The summed E-state index contributed by atoms with van der Waals surface area (Å²) in [6.45, 7) is 0.0627. The number of benzene rings is 1. The van der Waals surface area contributed by atoms with E-state index in [9.17, 15) is 14.7 Å². The molecule has 0 saturated heterocycles. The van der Waals surface area contributed by atoms with Crippen molar-refractivity contribution in [2.24, 2.45) is 0 Å². The van der Waals surface area contributed by atoms with Crippen LogP contribution in [0.4, 0.5) is 0 Å². The fourth-order valence-corrected chi connectivity index (χ4v) is 1.12. The molecule has 1 aromatic rings. The van der Waals surface area contributed by atoms with Gasteiger partial charge in [-0.3, -0.25) is 4.79 Å². The Bertz CT molecular complexity index is 378. The zero-order valence-corrected chi connectivity index (χ0v) is 9.86. The zero-order chi connectivity index (χ0) is 12.0. The summed E-state index contributed by atoms with van der Waals surface area (Å²) in [7, 11) is 1.54. The molecule has 0 unspecified atom stereocenters. The van der Waals surface area contributed by atoms with Crippen LogP contribution in [0.5, 0.6) is 5.75 Å². The average molecular weight is 229 g/mol. The Labute approximate surface area is 111 Å². The molecule has 1 N–H and O–H groups in total. The van der Waals surface area contributed by atoms with Crippen molar-refractivity contribution in [2.45, 2.75) is 6.42 Å². The molecule has 6 heteroatoms. The summed E-state index contributed by atoms with van der Waals surface area (Å²) in [5.41, 5.74) is 0.458. The number of hydrogen-bond donors (Lipinski definition) is 1. The summed E-state index contributed by atoms with van der Waals surface area (Å²) in [4.78, 5) is 21.6. The van der Waals surface area contributed by atoms with Gasteiger partial charge in [-0.05, 0) is 24.3 Å². The Morgan fingerprint density at radius 2 is 1.88 bits per heavy atom. The van der Waals surface area contributed by atoms with Crippen LogP contribution in [-0.2, 0) is 4.79 Å². The molecule has 5 nitrogen and oxygen atoms in total. The number of carbonyl (C=O) groups excluding carboxylic acids is 2. The van der Waals surface area contributed by atoms with Crippen LogP contribution >= 0.6 is 0 Å². The number of nitrogens with one attached hydrogen (secondary N) is 1. The van der Waals surface area contributed by atoms with E-state index in [1.165, 1.54) is 7.11 Å². The van der Waals surface area contributed by atoms with E-state index in [0.29, 0.717) is 11.3 Å². The molecule has 0 aliphatic carbocycles. The van der Waals surface area contributed by atoms with Gasteiger partial charge in [-0.15, -0.1) is 0 Å². The standard InChI is InChI=1S/C11H13NO4.Li/c1-16-9-4-2-8(3-5-9)11(15)12-7-6-10(13)14;/h2-5H,6-7H2,1H3,(H,12,15)(H,13,14);/q;+1/p-1. The smallest absolute Gasteiger partial charge is 0.550 e. The fraction of sp³-hybridized carbons (Fsp3) is 0.273. The van der Waals surface area contributed by atoms with Gasteiger partial charge in [0.2, 0.25) is 0 Å². The van der Waals surface area contributed by atoms with Crippen LogP contribution in [0, 0.1) is 0 Å². The number of rotatable bonds is 5. The van der Waals surface area contributed by atoms with Crippen LogP contribution in [0.15, 0.2) is 24.3 Å². The maximum atomic E-state index is 11.5. The van der Waals surface area contributed by atoms with E-state index in [2.05, 4.69) is 5.32 Å². The SMILES string of the molecule is COc1ccc(C(=O)NCCC(=O)[O-])cc1.[Li+]. The first-order valence-electron chi connectivity index (χ1n) is 4.75. The quantitative estimate of drug-likeness (QED) is 0.533. The second kappa shape index (κ2) is 7.77. The molecular weight excluding hydrogens is 217 g/mol. The van der Waals surface area contributed by atoms with Gasteiger partial charge in [0.25, 0.3) is 5.91 Å². The molecule has 0 bridgehead atoms. The fourth-order valence-electron chi connectivity index (χ4n) is 1.12. The summed E-state index contributed by atoms with van der Waals surface area (Å²) >= 11 is 0. The van der Waals surface area contributed by atoms with Gasteiger partial charge in [-0.25, -0.2) is 0 Å². The van der Waals surface area contributed by atoms with Gasteiger partial charge >= 0.3 is 18.9 Å². The van der Waals surface area contributed by atoms with Crippen molar-refractivity contribution >= 4 is 11.9 Å². The van der Waals surface area contributed by atoms with Crippen molar-refractivity contribution in [3.63, 3.8) is 0 Å². The minimum absolute atomic E-state index is 0. The van der Waals surface area contributed by atoms with Crippen LogP contribution in [0.25, 0.3) is 0 Å². The summed E-state index contributed by atoms with van der Waals surface area (Å²) in [5, 5.41) is 12.6. The third-order valence-corrected chi connectivity index (χ3v) is 1.97. The summed E-state index contributed by atoms with van der Waals surface area (Å²) in [6, 6.07) is 6.53. The monoisotopic (exact) mass is 229 g/mol. The largest absolute Gasteiger partial charge is 1.00 e. The van der Waals surface area contributed by atoms with Gasteiger partial charge in [0.05, 0.1) is 7.11 Å². The summed E-state index contributed by atoms with van der Waals surface area (Å²) < 4.78 is 4.94. The van der Waals surface area contributed by atoms with Gasteiger partial charge in [-0.2, -0.15) is 0 Å². The van der Waals surface area contributed by atoms with Crippen molar-refractivity contribution in [3.05, 3.63) is 29.8 Å². The summed E-state index contributed by atoms with van der Waals surface area (Å²) in [6.07, 6.45) is -0.193. The average Bonchev–Trinajstić information content (AvgIpc) is 2.28. The first kappa shape index (κ1) is 15.6. The predicted octanol–water partition coefficient (Wildman–Crippen LogP) is -3.43. The van der Waals surface area contributed by atoms with E-state index in [4.69, 9.17) is 4.74 Å². The topological polar surface area (TPSA) is 78.5 Å². The van der Waals surface area contributed by atoms with Crippen molar-refractivity contribution in [3.8, 4) is 5.75 Å². The molecular formula is C11H12LiNO4. The number of methoxy groups -OCH3 is 1. The van der Waals surface area contributed by atoms with Gasteiger partial charge in [0.1, 0.15) is 5.75 Å². The minimum Gasteiger partial charge on any atom is -0.550 e. The number of amides is 1. The van der Waals surface area contributed by atoms with Crippen LogP contribution in [-0.4, -0.2) is 25.5 Å². The van der Waals surface area contributed by atoms with E-state index in [-0.39, 0.29) is 37.7 Å². The van der Waals surface area contributed by atoms with Crippen molar-refractivity contribution < 1.29 is 38.3 Å². The van der Waals surface area contributed by atoms with E-state index in [1.807, 2.05) is 0 Å². The number of ether oxygens (including phenoxy) is 1. The third-order valence-electron chi connectivity index (χ3n) is 1.97. The van der Waals surface area contributed by atoms with E-state index >= 15 is 0 Å². The molecule has 0 atom stereocenters. The van der Waals surface area contributed by atoms with Crippen LogP contribution in [0.3, 0.4) is 0 Å². The molecule has 0 heterocycles. The number of aliphatic carboxylic acids is 1. The zero-order valence-electron chi connectivity index (χ0n) is 9.86. The summed E-state index contributed by atoms with van der Waals surface area (Å²) in [5.74, 6) is -0.842. The Kier molecular flexibility index (Phi) is 7.11. The maximum absolute atomic E-state index is 11.5. The van der Waals surface area contributed by atoms with Crippen molar-refractivity contribution in [1.82, 2.24) is 5.32 Å². The molecule has 0 spiro atoms. The molecule has 0 aliphatic rings. The minimum atomic E-state index is -1.19. The third kappa shape index (κ3) is 5.43. The number of carboxylic acid groups (broad SMARTS) is 1. The van der Waals surface area contributed by atoms with E-state index < -0.39 is 5.97 Å². The number of carboxylic acids is 1. The number of hydrogen-bond acceptors (Lipinski definition) is 4. The molecule has 0 aromatic heterocycles. The number of carbonyl (C=O) groups is 2. The predicted molar refractivity (Wildman–Crippen MR) is 55.0 cm³/mol. The van der Waals surface area contributed by atoms with Crippen molar-refractivity contribution in [2.75, 3.05) is 13.7 Å². The Morgan fingerprint density at radius 1 is 1.29 bits per heavy atom. The molecule has 1 amide bonds. The molecule has 0 radical (unpaired) electrons. The Balaban J connectivity index is 0.00000256. The Hall–Kier alpha value is -1.44. The van der Waals surface area contributed by atoms with Crippen LogP contribution < -0.4 is 34.0 Å². The molecule has 0 aliphatic heterocycles. The van der Waals surface area contributed by atoms with E-state index in [0.717, 1.165) is 0 Å². The van der Waals surface area contributed by atoms with Gasteiger partial charge in [0.15, 0.2) is 0 Å². The molecule has 0 saturated carbocycles. The molecule has 86 valence electrons. The van der Waals surface area contributed by atoms with Crippen molar-refractivity contribution in [1.29, 1.82) is 0 Å². The molecule has 1 rings (SSSR count). The second-order valence-electron chi connectivity index (χ2n) is 3.11. The maximum Gasteiger partial charge on any atom is 1.00 e. The normalized spacial score (nSPS) is 9.00. The van der Waals surface area contributed by atoms with Crippen LogP contribution in [0.1, 0.15) is 16.8 Å². The first-order chi connectivity index (χ1) is 7.63. The first-order valence-corrected chi connectivity index (χ1v) is 4.75. The van der Waals surface area contributed by atoms with E-state index in [1.54, 1.807) is 24.3 Å². The molecule has 0 fully saturated rings. The molecule has 1 aromatic carbocycles. The van der Waals surface area contributed by atoms with Gasteiger partial charge in [-0.1, -0.05) is 0 Å². The van der Waals surface area contributed by atoms with Gasteiger partial charge in [0, 0.05) is 24.5 Å². The Morgan fingerprint density at radius 3 is 2.35 bits per heavy atom.